The number of nitrogens with zero attached hydrogens (tertiary/aromatic N) is 3. The number of hydrogen-bond acceptors (Lipinski definition) is 3. The van der Waals surface area contributed by atoms with Gasteiger partial charge >= 0.3 is 12.4 Å². The zero-order valence-corrected chi connectivity index (χ0v) is 21.9. The van der Waals surface area contributed by atoms with Gasteiger partial charge in [0.25, 0.3) is 5.91 Å². The zero-order valence-electron chi connectivity index (χ0n) is 21.9. The SMILES string of the molecule is CC(C)N(CC(=O)Nc1cc(C(C)(C)C)nn1-c1ccccc1)C(=O)c1cc(C(F)(F)F)cc(C(F)(F)F)c1. The van der Waals surface area contributed by atoms with Gasteiger partial charge in [-0.1, -0.05) is 39.0 Å². The molecule has 0 aliphatic rings. The molecule has 0 aliphatic carbocycles. The molecular formula is C27H28F6N4O2. The topological polar surface area (TPSA) is 67.2 Å². The maximum Gasteiger partial charge on any atom is 0.416 e. The summed E-state index contributed by atoms with van der Waals surface area (Å²) in [5.41, 5.74) is -3.14. The second-order valence-electron chi connectivity index (χ2n) is 10.3. The Morgan fingerprint density at radius 1 is 0.897 bits per heavy atom. The molecule has 0 atom stereocenters. The van der Waals surface area contributed by atoms with Crippen LogP contribution in [0.3, 0.4) is 0 Å². The molecule has 3 aromatic rings. The van der Waals surface area contributed by atoms with E-state index in [9.17, 15) is 35.9 Å². The van der Waals surface area contributed by atoms with Crippen LogP contribution in [0.15, 0.2) is 54.6 Å². The molecule has 1 N–H and O–H groups in total. The Balaban J connectivity index is 1.94. The summed E-state index contributed by atoms with van der Waals surface area (Å²) in [7, 11) is 0. The van der Waals surface area contributed by atoms with Crippen LogP contribution in [0.25, 0.3) is 5.69 Å². The molecule has 1 aromatic heterocycles. The van der Waals surface area contributed by atoms with Gasteiger partial charge in [-0.25, -0.2) is 4.68 Å². The fourth-order valence-electron chi connectivity index (χ4n) is 3.67. The highest BCUT2D eigenvalue weighted by Crippen LogP contribution is 2.36. The van der Waals surface area contributed by atoms with Crippen LogP contribution in [0, 0.1) is 0 Å². The molecule has 3 rings (SSSR count). The summed E-state index contributed by atoms with van der Waals surface area (Å²) in [6, 6.07) is 10.5. The van der Waals surface area contributed by atoms with Gasteiger partial charge < -0.3 is 10.2 Å². The lowest BCUT2D eigenvalue weighted by Gasteiger charge is -2.27. The summed E-state index contributed by atoms with van der Waals surface area (Å²) in [5.74, 6) is -1.58. The number of aromatic nitrogens is 2. The number of hydrogen-bond donors (Lipinski definition) is 1. The number of carbonyl (C=O) groups is 2. The Kier molecular flexibility index (Phi) is 8.18. The maximum absolute atomic E-state index is 13.3. The van der Waals surface area contributed by atoms with E-state index in [-0.39, 0.29) is 17.3 Å². The van der Waals surface area contributed by atoms with Crippen LogP contribution in [0.1, 0.15) is 61.8 Å². The van der Waals surface area contributed by atoms with Crippen molar-refractivity contribution in [1.82, 2.24) is 14.7 Å². The highest BCUT2D eigenvalue weighted by molar-refractivity contribution is 5.99. The van der Waals surface area contributed by atoms with Gasteiger partial charge in [-0.15, -0.1) is 0 Å². The molecule has 2 aromatic carbocycles. The molecule has 0 spiro atoms. The van der Waals surface area contributed by atoms with E-state index in [1.165, 1.54) is 18.5 Å². The minimum atomic E-state index is -5.11. The highest BCUT2D eigenvalue weighted by Gasteiger charge is 2.38. The summed E-state index contributed by atoms with van der Waals surface area (Å²) >= 11 is 0. The van der Waals surface area contributed by atoms with Crippen LogP contribution in [0.2, 0.25) is 0 Å². The predicted molar refractivity (Wildman–Crippen MR) is 134 cm³/mol. The minimum absolute atomic E-state index is 0.0548. The monoisotopic (exact) mass is 554 g/mol. The third-order valence-corrected chi connectivity index (χ3v) is 5.78. The van der Waals surface area contributed by atoms with Crippen molar-refractivity contribution >= 4 is 17.6 Å². The van der Waals surface area contributed by atoms with Gasteiger partial charge in [0.05, 0.1) is 22.5 Å². The third-order valence-electron chi connectivity index (χ3n) is 5.78. The minimum Gasteiger partial charge on any atom is -0.327 e. The average molecular weight is 555 g/mol. The molecule has 0 fully saturated rings. The summed E-state index contributed by atoms with van der Waals surface area (Å²) in [6.45, 7) is 8.16. The van der Waals surface area contributed by atoms with Gasteiger partial charge in [0.2, 0.25) is 5.91 Å². The zero-order chi connectivity index (χ0) is 29.3. The lowest BCUT2D eigenvalue weighted by atomic mass is 9.92. The number of alkyl halides is 6. The van der Waals surface area contributed by atoms with Gasteiger partial charge in [-0.05, 0) is 44.2 Å². The van der Waals surface area contributed by atoms with E-state index < -0.39 is 53.4 Å². The second kappa shape index (κ2) is 10.7. The summed E-state index contributed by atoms with van der Waals surface area (Å²) in [4.78, 5) is 27.1. The first-order chi connectivity index (χ1) is 17.9. The van der Waals surface area contributed by atoms with Gasteiger partial charge in [0.1, 0.15) is 12.4 Å². The van der Waals surface area contributed by atoms with Gasteiger partial charge in [0.15, 0.2) is 0 Å². The Morgan fingerprint density at radius 3 is 1.90 bits per heavy atom. The van der Waals surface area contributed by atoms with E-state index in [1.54, 1.807) is 36.4 Å². The summed E-state index contributed by atoms with van der Waals surface area (Å²) in [6.07, 6.45) is -10.2. The summed E-state index contributed by atoms with van der Waals surface area (Å²) < 4.78 is 81.4. The van der Waals surface area contributed by atoms with Crippen molar-refractivity contribution < 1.29 is 35.9 Å². The molecule has 6 nitrogen and oxygen atoms in total. The number of anilines is 1. The maximum atomic E-state index is 13.3. The van der Waals surface area contributed by atoms with Crippen LogP contribution in [-0.4, -0.2) is 39.1 Å². The standard InChI is InChI=1S/C27H28F6N4O2/c1-16(2)36(24(39)17-11-18(26(28,29)30)13-19(12-17)27(31,32)33)15-23(38)34-22-14-21(25(3,4)5)35-37(22)20-9-7-6-8-10-20/h6-14,16H,15H2,1-5H3,(H,34,38). The van der Waals surface area contributed by atoms with Crippen molar-refractivity contribution in [3.63, 3.8) is 0 Å². The number of benzene rings is 2. The number of nitrogens with one attached hydrogen (secondary N) is 1. The Bertz CT molecular complexity index is 1310. The van der Waals surface area contributed by atoms with Crippen molar-refractivity contribution in [2.45, 2.75) is 58.4 Å². The van der Waals surface area contributed by atoms with Crippen LogP contribution in [0.4, 0.5) is 32.2 Å². The average Bonchev–Trinajstić information content (AvgIpc) is 3.25. The number of para-hydroxylation sites is 1. The van der Waals surface area contributed by atoms with E-state index in [2.05, 4.69) is 10.4 Å². The van der Waals surface area contributed by atoms with Gasteiger partial charge in [0, 0.05) is 23.1 Å². The molecule has 0 radical (unpaired) electrons. The summed E-state index contributed by atoms with van der Waals surface area (Å²) in [5, 5.41) is 7.25. The van der Waals surface area contributed by atoms with E-state index in [0.717, 1.165) is 4.90 Å². The van der Waals surface area contributed by atoms with E-state index in [1.807, 2.05) is 20.8 Å². The van der Waals surface area contributed by atoms with Gasteiger partial charge in [-0.2, -0.15) is 31.4 Å². The first kappa shape index (κ1) is 29.7. The van der Waals surface area contributed by atoms with Gasteiger partial charge in [-0.3, -0.25) is 9.59 Å². The lowest BCUT2D eigenvalue weighted by molar-refractivity contribution is -0.143. The fourth-order valence-corrected chi connectivity index (χ4v) is 3.67. The second-order valence-corrected chi connectivity index (χ2v) is 10.3. The number of amides is 2. The Labute approximate surface area is 221 Å². The molecule has 210 valence electrons. The molecular weight excluding hydrogens is 526 g/mol. The van der Waals surface area contributed by atoms with E-state index in [0.29, 0.717) is 23.5 Å². The molecule has 0 saturated carbocycles. The third kappa shape index (κ3) is 7.18. The Morgan fingerprint density at radius 2 is 1.44 bits per heavy atom. The predicted octanol–water partition coefficient (Wildman–Crippen LogP) is 6.70. The van der Waals surface area contributed by atoms with E-state index >= 15 is 0 Å². The van der Waals surface area contributed by atoms with Crippen molar-refractivity contribution in [2.75, 3.05) is 11.9 Å². The lowest BCUT2D eigenvalue weighted by Crippen LogP contribution is -2.42. The van der Waals surface area contributed by atoms with Crippen molar-refractivity contribution in [3.05, 3.63) is 77.0 Å². The molecule has 39 heavy (non-hydrogen) atoms. The fraction of sp³-hybridized carbons (Fsp3) is 0.370. The number of rotatable bonds is 6. The molecule has 12 heteroatoms. The molecule has 2 amide bonds. The van der Waals surface area contributed by atoms with Crippen LogP contribution in [0.5, 0.6) is 0 Å². The quantitative estimate of drug-likeness (QED) is 0.345. The van der Waals surface area contributed by atoms with Crippen molar-refractivity contribution in [2.24, 2.45) is 0 Å². The Hall–Kier alpha value is -3.83. The largest absolute Gasteiger partial charge is 0.416 e. The highest BCUT2D eigenvalue weighted by atomic mass is 19.4. The van der Waals surface area contributed by atoms with Crippen molar-refractivity contribution in [3.8, 4) is 5.69 Å². The van der Waals surface area contributed by atoms with Crippen LogP contribution >= 0.6 is 0 Å². The first-order valence-corrected chi connectivity index (χ1v) is 11.9. The number of halogens is 6. The normalized spacial score (nSPS) is 12.5. The van der Waals surface area contributed by atoms with Crippen LogP contribution in [-0.2, 0) is 22.6 Å². The first-order valence-electron chi connectivity index (χ1n) is 11.9. The molecule has 0 bridgehead atoms. The van der Waals surface area contributed by atoms with Crippen LogP contribution < -0.4 is 5.32 Å². The number of carbonyl (C=O) groups excluding carboxylic acids is 2. The van der Waals surface area contributed by atoms with Crippen molar-refractivity contribution in [1.29, 1.82) is 0 Å². The molecule has 1 heterocycles. The molecule has 0 saturated heterocycles. The smallest absolute Gasteiger partial charge is 0.327 e. The molecule has 0 unspecified atom stereocenters. The van der Waals surface area contributed by atoms with E-state index in [4.69, 9.17) is 0 Å². The molecule has 0 aliphatic heterocycles.